The van der Waals surface area contributed by atoms with Gasteiger partial charge in [0, 0.05) is 16.6 Å². The van der Waals surface area contributed by atoms with Gasteiger partial charge in [-0.25, -0.2) is 0 Å². The summed E-state index contributed by atoms with van der Waals surface area (Å²) in [6.07, 6.45) is 1.51. The van der Waals surface area contributed by atoms with E-state index in [9.17, 15) is 4.79 Å². The summed E-state index contributed by atoms with van der Waals surface area (Å²) in [6, 6.07) is 5.34. The van der Waals surface area contributed by atoms with Crippen LogP contribution in [0.15, 0.2) is 29.8 Å². The van der Waals surface area contributed by atoms with Crippen molar-refractivity contribution in [2.75, 3.05) is 0 Å². The Hall–Kier alpha value is -1.79. The second kappa shape index (κ2) is 5.90. The number of nitrogens with two attached hydrogens (primary N) is 1. The van der Waals surface area contributed by atoms with Crippen molar-refractivity contribution in [3.63, 3.8) is 0 Å². The third-order valence-corrected chi connectivity index (χ3v) is 3.92. The summed E-state index contributed by atoms with van der Waals surface area (Å²) in [5.74, 6) is -0.206. The van der Waals surface area contributed by atoms with Gasteiger partial charge in [-0.15, -0.1) is 11.3 Å². The fraction of sp³-hybridized carbons (Fsp3) is 0.154. The lowest BCUT2D eigenvalue weighted by atomic mass is 10.2. The average Bonchev–Trinajstić information content (AvgIpc) is 2.81. The van der Waals surface area contributed by atoms with Crippen molar-refractivity contribution in [3.05, 3.63) is 51.5 Å². The Morgan fingerprint density at radius 1 is 1.47 bits per heavy atom. The van der Waals surface area contributed by atoms with Gasteiger partial charge < -0.3 is 11.1 Å². The maximum absolute atomic E-state index is 11.9. The smallest absolute Gasteiger partial charge is 0.270 e. The fourth-order valence-corrected chi connectivity index (χ4v) is 2.48. The molecule has 0 aliphatic rings. The zero-order valence-corrected chi connectivity index (χ0v) is 12.0. The molecule has 0 bridgehead atoms. The predicted molar refractivity (Wildman–Crippen MR) is 80.4 cm³/mol. The summed E-state index contributed by atoms with van der Waals surface area (Å²) in [5.41, 5.74) is 7.66. The number of nitrogens with one attached hydrogen (secondary N) is 1. The average molecular weight is 291 g/mol. The fourth-order valence-electron chi connectivity index (χ4n) is 1.51. The molecule has 0 spiro atoms. The highest BCUT2D eigenvalue weighted by Gasteiger charge is 2.08. The van der Waals surface area contributed by atoms with Gasteiger partial charge in [0.1, 0.15) is 10.7 Å². The van der Waals surface area contributed by atoms with Crippen LogP contribution in [0.5, 0.6) is 0 Å². The highest BCUT2D eigenvalue weighted by Crippen LogP contribution is 2.14. The molecule has 1 amide bonds. The van der Waals surface area contributed by atoms with E-state index in [1.54, 1.807) is 23.5 Å². The van der Waals surface area contributed by atoms with Crippen molar-refractivity contribution >= 4 is 34.5 Å². The molecule has 2 aromatic rings. The molecular weight excluding hydrogens is 278 g/mol. The van der Waals surface area contributed by atoms with Crippen LogP contribution in [0.1, 0.15) is 26.5 Å². The number of pyridine rings is 1. The Kier molecular flexibility index (Phi) is 4.24. The molecule has 98 valence electrons. The highest BCUT2D eigenvalue weighted by molar-refractivity contribution is 7.80. The van der Waals surface area contributed by atoms with E-state index in [0.717, 1.165) is 4.88 Å². The van der Waals surface area contributed by atoms with Crippen molar-refractivity contribution in [2.45, 2.75) is 13.5 Å². The van der Waals surface area contributed by atoms with E-state index < -0.39 is 0 Å². The minimum Gasteiger partial charge on any atom is -0.389 e. The van der Waals surface area contributed by atoms with Crippen LogP contribution in [-0.2, 0) is 6.54 Å². The summed E-state index contributed by atoms with van der Waals surface area (Å²) >= 11 is 6.45. The van der Waals surface area contributed by atoms with E-state index in [4.69, 9.17) is 18.0 Å². The molecule has 2 heterocycles. The zero-order chi connectivity index (χ0) is 13.8. The number of thiocarbonyl (C=S) groups is 1. The van der Waals surface area contributed by atoms with Gasteiger partial charge in [0.15, 0.2) is 0 Å². The maximum atomic E-state index is 11.9. The number of carbonyl (C=O) groups excluding carboxylic acids is 1. The van der Waals surface area contributed by atoms with Crippen LogP contribution in [0.2, 0.25) is 0 Å². The molecule has 3 N–H and O–H groups in total. The second-order valence-electron chi connectivity index (χ2n) is 4.01. The molecule has 0 saturated heterocycles. The van der Waals surface area contributed by atoms with E-state index >= 15 is 0 Å². The van der Waals surface area contributed by atoms with Gasteiger partial charge in [0.25, 0.3) is 5.91 Å². The van der Waals surface area contributed by atoms with E-state index in [0.29, 0.717) is 17.8 Å². The van der Waals surface area contributed by atoms with Gasteiger partial charge in [0.05, 0.1) is 6.54 Å². The van der Waals surface area contributed by atoms with Gasteiger partial charge in [-0.3, -0.25) is 9.78 Å². The summed E-state index contributed by atoms with van der Waals surface area (Å²) in [4.78, 5) is 17.4. The van der Waals surface area contributed by atoms with Crippen molar-refractivity contribution in [1.29, 1.82) is 0 Å². The van der Waals surface area contributed by atoms with Crippen molar-refractivity contribution in [2.24, 2.45) is 5.73 Å². The predicted octanol–water partition coefficient (Wildman–Crippen LogP) is 2.02. The van der Waals surface area contributed by atoms with Gasteiger partial charge in [-0.1, -0.05) is 12.2 Å². The number of hydrogen-bond donors (Lipinski definition) is 2. The molecule has 0 aromatic carbocycles. The number of thiophene rings is 1. The Labute approximate surface area is 120 Å². The highest BCUT2D eigenvalue weighted by atomic mass is 32.1. The summed E-state index contributed by atoms with van der Waals surface area (Å²) in [7, 11) is 0. The first-order valence-corrected chi connectivity index (χ1v) is 6.93. The largest absolute Gasteiger partial charge is 0.389 e. The van der Waals surface area contributed by atoms with Crippen molar-refractivity contribution in [1.82, 2.24) is 10.3 Å². The number of amides is 1. The Bertz CT molecular complexity index is 605. The first-order valence-electron chi connectivity index (χ1n) is 5.65. The van der Waals surface area contributed by atoms with E-state index in [2.05, 4.69) is 10.3 Å². The third kappa shape index (κ3) is 3.36. The lowest BCUT2D eigenvalue weighted by Crippen LogP contribution is -2.24. The number of rotatable bonds is 4. The van der Waals surface area contributed by atoms with Crippen LogP contribution in [-0.4, -0.2) is 15.9 Å². The van der Waals surface area contributed by atoms with Crippen LogP contribution in [0, 0.1) is 6.92 Å². The van der Waals surface area contributed by atoms with Crippen molar-refractivity contribution in [3.8, 4) is 0 Å². The van der Waals surface area contributed by atoms with E-state index in [1.807, 2.05) is 18.4 Å². The molecule has 0 saturated carbocycles. The van der Waals surface area contributed by atoms with E-state index in [-0.39, 0.29) is 10.9 Å². The van der Waals surface area contributed by atoms with Crippen molar-refractivity contribution < 1.29 is 4.79 Å². The quantitative estimate of drug-likeness (QED) is 0.846. The second-order valence-corrected chi connectivity index (χ2v) is 5.45. The molecule has 2 rings (SSSR count). The molecule has 0 atom stereocenters. The standard InChI is InChI=1S/C13H13N3OS2/c1-8-4-5-19-11(8)7-16-13(17)10-3-2-9(6-15-10)12(14)18/h2-6H,7H2,1H3,(H2,14,18)(H,16,17). The Morgan fingerprint density at radius 2 is 2.26 bits per heavy atom. The molecule has 4 nitrogen and oxygen atoms in total. The lowest BCUT2D eigenvalue weighted by Gasteiger charge is -2.05. The summed E-state index contributed by atoms with van der Waals surface area (Å²) in [5, 5.41) is 4.84. The minimum absolute atomic E-state index is 0.206. The number of nitrogens with zero attached hydrogens (tertiary/aromatic N) is 1. The Balaban J connectivity index is 2.00. The molecule has 2 aromatic heterocycles. The van der Waals surface area contributed by atoms with Crippen LogP contribution in [0.25, 0.3) is 0 Å². The van der Waals surface area contributed by atoms with Crippen LogP contribution in [0.4, 0.5) is 0 Å². The normalized spacial score (nSPS) is 10.2. The van der Waals surface area contributed by atoms with Crippen LogP contribution < -0.4 is 11.1 Å². The van der Waals surface area contributed by atoms with Gasteiger partial charge in [0.2, 0.25) is 0 Å². The first-order chi connectivity index (χ1) is 9.08. The SMILES string of the molecule is Cc1ccsc1CNC(=O)c1ccc(C(N)=S)cn1. The summed E-state index contributed by atoms with van der Waals surface area (Å²) in [6.45, 7) is 2.54. The maximum Gasteiger partial charge on any atom is 0.270 e. The van der Waals surface area contributed by atoms with Gasteiger partial charge in [-0.2, -0.15) is 0 Å². The molecule has 0 fully saturated rings. The third-order valence-electron chi connectivity index (χ3n) is 2.66. The van der Waals surface area contributed by atoms with Gasteiger partial charge >= 0.3 is 0 Å². The number of aromatic nitrogens is 1. The number of carbonyl (C=O) groups is 1. The molecular formula is C13H13N3OS2. The monoisotopic (exact) mass is 291 g/mol. The summed E-state index contributed by atoms with van der Waals surface area (Å²) < 4.78 is 0. The topological polar surface area (TPSA) is 68.0 Å². The van der Waals surface area contributed by atoms with Gasteiger partial charge in [-0.05, 0) is 36.1 Å². The van der Waals surface area contributed by atoms with E-state index in [1.165, 1.54) is 11.8 Å². The van der Waals surface area contributed by atoms with Crippen LogP contribution in [0.3, 0.4) is 0 Å². The minimum atomic E-state index is -0.206. The molecule has 0 aliphatic carbocycles. The Morgan fingerprint density at radius 3 is 2.79 bits per heavy atom. The molecule has 0 aliphatic heterocycles. The lowest BCUT2D eigenvalue weighted by molar-refractivity contribution is 0.0946. The van der Waals surface area contributed by atoms with Crippen LogP contribution >= 0.6 is 23.6 Å². The first kappa shape index (κ1) is 13.6. The molecule has 0 unspecified atom stereocenters. The molecule has 0 radical (unpaired) electrons. The zero-order valence-electron chi connectivity index (χ0n) is 10.3. The number of hydrogen-bond acceptors (Lipinski definition) is 4. The molecule has 6 heteroatoms. The number of aryl methyl sites for hydroxylation is 1. The molecule has 19 heavy (non-hydrogen) atoms.